The van der Waals surface area contributed by atoms with Crippen LogP contribution in [-0.4, -0.2) is 9.13 Å². The fraction of sp³-hybridized carbons (Fsp3) is 0.0508. The van der Waals surface area contributed by atoms with Crippen LogP contribution in [0.25, 0.3) is 88.4 Å². The van der Waals surface area contributed by atoms with Crippen molar-refractivity contribution < 1.29 is 0 Å². The normalized spacial score (nSPS) is 11.1. The van der Waals surface area contributed by atoms with Crippen LogP contribution in [0.4, 0.5) is 0 Å². The van der Waals surface area contributed by atoms with E-state index in [0.29, 0.717) is 0 Å². The average Bonchev–Trinajstić information content (AvgIpc) is 3.85. The summed E-state index contributed by atoms with van der Waals surface area (Å²) in [5.74, 6) is 0. The van der Waals surface area contributed by atoms with E-state index in [9.17, 15) is 0 Å². The molecule has 0 saturated heterocycles. The molecule has 11 rings (SSSR count). The first-order valence-corrected chi connectivity index (χ1v) is 21.1. The molecule has 0 saturated carbocycles. The quantitative estimate of drug-likeness (QED) is 0.154. The Morgan fingerprint density at radius 3 is 1.15 bits per heavy atom. The molecular formula is C59H48N2. The zero-order valence-corrected chi connectivity index (χ0v) is 34.9. The van der Waals surface area contributed by atoms with Gasteiger partial charge in [-0.05, 0) is 115 Å². The first-order chi connectivity index (χ1) is 30.1. The van der Waals surface area contributed by atoms with Crippen LogP contribution in [-0.2, 0) is 0 Å². The zero-order valence-electron chi connectivity index (χ0n) is 34.9. The summed E-state index contributed by atoms with van der Waals surface area (Å²) in [6.07, 6.45) is 4.00. The Hall–Kier alpha value is -7.68. The standard InChI is InChI=1S/C48H32N2.C7H8.C4H8/c1-3-12-33(13-4-1)34-22-24-35(25-23-34)36-14-11-17-40(30-36)50-46-21-10-8-19-42(46)44-32-38(27-29-48(44)50)37-26-28-47-43(31-37)41-18-7-9-20-45(41)49(47)39-15-5-2-6-16-39;1-7-5-3-2-4-6-7;1-3-4-2/h1-32H;2-6H,1H3;3-4H,1-2H3/b;;4-3-. The largest absolute Gasteiger partial charge is 0.309 e. The predicted octanol–water partition coefficient (Wildman–Crippen LogP) is 16.5. The van der Waals surface area contributed by atoms with Crippen LogP contribution in [0.15, 0.2) is 237 Å². The number of fused-ring (bicyclic) bond motifs is 6. The van der Waals surface area contributed by atoms with Crippen molar-refractivity contribution >= 4 is 43.6 Å². The maximum Gasteiger partial charge on any atom is 0.0541 e. The van der Waals surface area contributed by atoms with Crippen molar-refractivity contribution in [2.24, 2.45) is 0 Å². The van der Waals surface area contributed by atoms with E-state index in [1.54, 1.807) is 0 Å². The minimum absolute atomic E-state index is 1.16. The number of allylic oxidation sites excluding steroid dienone is 2. The molecule has 0 amide bonds. The fourth-order valence-corrected chi connectivity index (χ4v) is 8.28. The van der Waals surface area contributed by atoms with E-state index in [1.165, 1.54) is 88.2 Å². The Kier molecular flexibility index (Phi) is 11.2. The molecular weight excluding hydrogens is 737 g/mol. The highest BCUT2D eigenvalue weighted by atomic mass is 15.0. The van der Waals surface area contributed by atoms with Crippen molar-refractivity contribution in [1.82, 2.24) is 9.13 Å². The third-order valence-corrected chi connectivity index (χ3v) is 11.4. The predicted molar refractivity (Wildman–Crippen MR) is 263 cm³/mol. The van der Waals surface area contributed by atoms with Gasteiger partial charge in [0.2, 0.25) is 0 Å². The monoisotopic (exact) mass is 784 g/mol. The van der Waals surface area contributed by atoms with Gasteiger partial charge in [-0.2, -0.15) is 0 Å². The minimum atomic E-state index is 1.16. The molecule has 0 unspecified atom stereocenters. The summed E-state index contributed by atoms with van der Waals surface area (Å²) in [5, 5.41) is 5.03. The maximum absolute atomic E-state index is 2.41. The van der Waals surface area contributed by atoms with E-state index in [4.69, 9.17) is 0 Å². The van der Waals surface area contributed by atoms with Gasteiger partial charge < -0.3 is 9.13 Å². The zero-order chi connectivity index (χ0) is 41.5. The molecule has 0 aliphatic carbocycles. The van der Waals surface area contributed by atoms with Gasteiger partial charge in [-0.25, -0.2) is 0 Å². The number of aromatic nitrogens is 2. The van der Waals surface area contributed by atoms with Gasteiger partial charge in [0.25, 0.3) is 0 Å². The highest BCUT2D eigenvalue weighted by Gasteiger charge is 2.16. The Morgan fingerprint density at radius 1 is 0.279 bits per heavy atom. The van der Waals surface area contributed by atoms with Crippen LogP contribution < -0.4 is 0 Å². The third kappa shape index (κ3) is 7.92. The van der Waals surface area contributed by atoms with Gasteiger partial charge in [-0.3, -0.25) is 0 Å². The highest BCUT2D eigenvalue weighted by Crippen LogP contribution is 2.39. The first-order valence-electron chi connectivity index (χ1n) is 21.1. The molecule has 61 heavy (non-hydrogen) atoms. The van der Waals surface area contributed by atoms with Crippen molar-refractivity contribution in [3.8, 4) is 44.8 Å². The lowest BCUT2D eigenvalue weighted by molar-refractivity contribution is 1.18. The lowest BCUT2D eigenvalue weighted by atomic mass is 10.00. The van der Waals surface area contributed by atoms with Gasteiger partial charge in [-0.15, -0.1) is 0 Å². The van der Waals surface area contributed by atoms with Crippen molar-refractivity contribution in [1.29, 1.82) is 0 Å². The van der Waals surface area contributed by atoms with Gasteiger partial charge in [-0.1, -0.05) is 182 Å². The van der Waals surface area contributed by atoms with E-state index >= 15 is 0 Å². The van der Waals surface area contributed by atoms with E-state index < -0.39 is 0 Å². The Balaban J connectivity index is 0.000000383. The number of benzene rings is 9. The number of hydrogen-bond donors (Lipinski definition) is 0. The lowest BCUT2D eigenvalue weighted by Crippen LogP contribution is -1.94. The molecule has 9 aromatic carbocycles. The summed E-state index contributed by atoms with van der Waals surface area (Å²) in [5.41, 5.74) is 15.8. The van der Waals surface area contributed by atoms with Crippen LogP contribution in [0.3, 0.4) is 0 Å². The molecule has 0 bridgehead atoms. The van der Waals surface area contributed by atoms with Gasteiger partial charge in [0.1, 0.15) is 0 Å². The molecule has 0 fully saturated rings. The summed E-state index contributed by atoms with van der Waals surface area (Å²) >= 11 is 0. The summed E-state index contributed by atoms with van der Waals surface area (Å²) in [6.45, 7) is 6.08. The second-order valence-corrected chi connectivity index (χ2v) is 15.3. The minimum Gasteiger partial charge on any atom is -0.309 e. The molecule has 0 aliphatic heterocycles. The number of aryl methyl sites for hydroxylation is 1. The summed E-state index contributed by atoms with van der Waals surface area (Å²) < 4.78 is 4.78. The van der Waals surface area contributed by atoms with Crippen molar-refractivity contribution in [2.45, 2.75) is 20.8 Å². The van der Waals surface area contributed by atoms with Crippen LogP contribution in [0.2, 0.25) is 0 Å². The van der Waals surface area contributed by atoms with Crippen LogP contribution in [0, 0.1) is 6.92 Å². The number of rotatable bonds is 5. The van der Waals surface area contributed by atoms with E-state index in [0.717, 1.165) is 5.69 Å². The van der Waals surface area contributed by atoms with Crippen LogP contribution in [0.5, 0.6) is 0 Å². The number of nitrogens with zero attached hydrogens (tertiary/aromatic N) is 2. The number of para-hydroxylation sites is 3. The van der Waals surface area contributed by atoms with Gasteiger partial charge in [0.15, 0.2) is 0 Å². The van der Waals surface area contributed by atoms with Gasteiger partial charge >= 0.3 is 0 Å². The Morgan fingerprint density at radius 2 is 0.639 bits per heavy atom. The van der Waals surface area contributed by atoms with Gasteiger partial charge in [0.05, 0.1) is 22.1 Å². The van der Waals surface area contributed by atoms with Crippen LogP contribution >= 0.6 is 0 Å². The molecule has 2 aromatic heterocycles. The first kappa shape index (κ1) is 38.8. The molecule has 0 spiro atoms. The van der Waals surface area contributed by atoms with Crippen molar-refractivity contribution in [2.75, 3.05) is 0 Å². The molecule has 0 radical (unpaired) electrons. The topological polar surface area (TPSA) is 9.86 Å². The third-order valence-electron chi connectivity index (χ3n) is 11.4. The Bertz CT molecular complexity index is 3240. The number of hydrogen-bond acceptors (Lipinski definition) is 0. The van der Waals surface area contributed by atoms with Crippen LogP contribution in [0.1, 0.15) is 19.4 Å². The molecule has 0 aliphatic rings. The average molecular weight is 785 g/mol. The van der Waals surface area contributed by atoms with E-state index in [2.05, 4.69) is 222 Å². The second-order valence-electron chi connectivity index (χ2n) is 15.3. The summed E-state index contributed by atoms with van der Waals surface area (Å²) in [6, 6.07) is 80.6. The van der Waals surface area contributed by atoms with E-state index in [1.807, 2.05) is 44.2 Å². The Labute approximate surface area is 358 Å². The van der Waals surface area contributed by atoms with Gasteiger partial charge in [0, 0.05) is 32.9 Å². The molecule has 0 N–H and O–H groups in total. The molecule has 294 valence electrons. The second kappa shape index (κ2) is 17.7. The van der Waals surface area contributed by atoms with E-state index in [-0.39, 0.29) is 0 Å². The highest BCUT2D eigenvalue weighted by molar-refractivity contribution is 6.12. The summed E-state index contributed by atoms with van der Waals surface area (Å²) in [7, 11) is 0. The molecule has 11 aromatic rings. The molecule has 0 atom stereocenters. The van der Waals surface area contributed by atoms with Crippen molar-refractivity contribution in [3.63, 3.8) is 0 Å². The molecule has 2 nitrogen and oxygen atoms in total. The maximum atomic E-state index is 2.41. The molecule has 2 heteroatoms. The van der Waals surface area contributed by atoms with Crippen molar-refractivity contribution in [3.05, 3.63) is 242 Å². The smallest absolute Gasteiger partial charge is 0.0541 e. The molecule has 2 heterocycles. The lowest BCUT2D eigenvalue weighted by Gasteiger charge is -2.11. The fourth-order valence-electron chi connectivity index (χ4n) is 8.28. The SMILES string of the molecule is C/C=C\C.Cc1ccccc1.c1ccc(-c2ccc(-c3cccc(-n4c5ccccc5c5cc(-c6ccc7c(c6)c6ccccc6n7-c6ccccc6)ccc54)c3)cc2)cc1. The summed E-state index contributed by atoms with van der Waals surface area (Å²) in [4.78, 5) is 0.